The van der Waals surface area contributed by atoms with E-state index in [4.69, 9.17) is 10.5 Å². The third kappa shape index (κ3) is 4.33. The molecule has 0 saturated carbocycles. The lowest BCUT2D eigenvalue weighted by Gasteiger charge is -2.12. The van der Waals surface area contributed by atoms with Crippen LogP contribution >= 0.6 is 0 Å². The topological polar surface area (TPSA) is 82.2 Å². The minimum atomic E-state index is -0.468. The van der Waals surface area contributed by atoms with E-state index in [1.54, 1.807) is 18.3 Å². The normalized spacial score (nSPS) is 12.0. The quantitative estimate of drug-likeness (QED) is 0.820. The van der Waals surface area contributed by atoms with Crippen LogP contribution in [0.4, 0.5) is 5.69 Å². The molecule has 2 rings (SSSR count). The third-order valence-electron chi connectivity index (χ3n) is 3.35. The van der Waals surface area contributed by atoms with Crippen LogP contribution in [0.25, 0.3) is 0 Å². The van der Waals surface area contributed by atoms with E-state index in [0.717, 1.165) is 18.0 Å². The number of hydrogen-bond donors (Lipinski definition) is 2. The highest BCUT2D eigenvalue weighted by molar-refractivity contribution is 5.94. The average Bonchev–Trinajstić information content (AvgIpc) is 2.92. The number of nitrogens with one attached hydrogen (secondary N) is 1. The van der Waals surface area contributed by atoms with Crippen molar-refractivity contribution in [2.24, 2.45) is 12.8 Å². The van der Waals surface area contributed by atoms with Gasteiger partial charge in [0.25, 0.3) is 0 Å². The molecule has 0 bridgehead atoms. The number of hydrogen-bond acceptors (Lipinski definition) is 4. The lowest BCUT2D eigenvalue weighted by molar-refractivity contribution is -0.117. The van der Waals surface area contributed by atoms with E-state index in [1.807, 2.05) is 36.9 Å². The maximum atomic E-state index is 11.8. The minimum Gasteiger partial charge on any atom is -0.486 e. The molecule has 1 aromatic carbocycles. The molecule has 0 aliphatic carbocycles. The molecule has 1 amide bonds. The Labute approximate surface area is 130 Å². The Bertz CT molecular complexity index is 607. The van der Waals surface area contributed by atoms with Crippen LogP contribution in [0.2, 0.25) is 0 Å². The van der Waals surface area contributed by atoms with Gasteiger partial charge in [-0.05, 0) is 30.7 Å². The van der Waals surface area contributed by atoms with Gasteiger partial charge >= 0.3 is 0 Å². The molecule has 118 valence electrons. The zero-order valence-corrected chi connectivity index (χ0v) is 13.0. The van der Waals surface area contributed by atoms with Gasteiger partial charge in [-0.15, -0.1) is 0 Å². The van der Waals surface area contributed by atoms with E-state index in [2.05, 4.69) is 10.3 Å². The van der Waals surface area contributed by atoms with Gasteiger partial charge in [-0.1, -0.05) is 13.3 Å². The number of rotatable bonds is 7. The number of anilines is 1. The number of imidazole rings is 1. The number of benzene rings is 1. The molecular weight excluding hydrogens is 280 g/mol. The van der Waals surface area contributed by atoms with Crippen molar-refractivity contribution in [2.75, 3.05) is 5.32 Å². The van der Waals surface area contributed by atoms with Crippen LogP contribution in [0.5, 0.6) is 5.75 Å². The molecule has 6 nitrogen and oxygen atoms in total. The second-order valence-electron chi connectivity index (χ2n) is 5.15. The van der Waals surface area contributed by atoms with Gasteiger partial charge in [-0.2, -0.15) is 0 Å². The maximum absolute atomic E-state index is 11.8. The molecule has 0 aliphatic rings. The first-order valence-electron chi connectivity index (χ1n) is 7.35. The third-order valence-corrected chi connectivity index (χ3v) is 3.35. The van der Waals surface area contributed by atoms with Gasteiger partial charge in [-0.25, -0.2) is 4.98 Å². The number of nitrogens with zero attached hydrogens (tertiary/aromatic N) is 2. The standard InChI is InChI=1S/C16H22N4O2/c1-3-4-14(17)16(21)19-12-5-7-13(8-6-12)22-11-15-18-9-10-20(15)2/h5-10,14H,3-4,11,17H2,1-2H3,(H,19,21). The van der Waals surface area contributed by atoms with E-state index in [1.165, 1.54) is 0 Å². The Morgan fingerprint density at radius 2 is 2.14 bits per heavy atom. The lowest BCUT2D eigenvalue weighted by atomic mass is 10.1. The molecule has 0 aliphatic heterocycles. The SMILES string of the molecule is CCCC(N)C(=O)Nc1ccc(OCc2nccn2C)cc1. The van der Waals surface area contributed by atoms with Crippen LogP contribution in [0, 0.1) is 0 Å². The van der Waals surface area contributed by atoms with Gasteiger partial charge in [0.2, 0.25) is 5.91 Å². The number of aromatic nitrogens is 2. The van der Waals surface area contributed by atoms with Gasteiger partial charge in [-0.3, -0.25) is 4.79 Å². The van der Waals surface area contributed by atoms with E-state index in [-0.39, 0.29) is 5.91 Å². The molecule has 0 radical (unpaired) electrons. The molecule has 0 saturated heterocycles. The van der Waals surface area contributed by atoms with Crippen LogP contribution < -0.4 is 15.8 Å². The van der Waals surface area contributed by atoms with Crippen molar-refractivity contribution in [3.8, 4) is 5.75 Å². The lowest BCUT2D eigenvalue weighted by Crippen LogP contribution is -2.35. The number of ether oxygens (including phenoxy) is 1. The van der Waals surface area contributed by atoms with Crippen molar-refractivity contribution in [1.82, 2.24) is 9.55 Å². The van der Waals surface area contributed by atoms with Crippen LogP contribution in [-0.2, 0) is 18.4 Å². The predicted molar refractivity (Wildman–Crippen MR) is 85.5 cm³/mol. The molecule has 0 fully saturated rings. The van der Waals surface area contributed by atoms with Crippen molar-refractivity contribution < 1.29 is 9.53 Å². The monoisotopic (exact) mass is 302 g/mol. The Morgan fingerprint density at radius 3 is 2.73 bits per heavy atom. The summed E-state index contributed by atoms with van der Waals surface area (Å²) in [6.45, 7) is 2.40. The summed E-state index contributed by atoms with van der Waals surface area (Å²) in [4.78, 5) is 16.0. The fraction of sp³-hybridized carbons (Fsp3) is 0.375. The number of nitrogens with two attached hydrogens (primary N) is 1. The predicted octanol–water partition coefficient (Wildman–Crippen LogP) is 2.06. The van der Waals surface area contributed by atoms with Crippen molar-refractivity contribution in [1.29, 1.82) is 0 Å². The summed E-state index contributed by atoms with van der Waals surface area (Å²) in [5.74, 6) is 1.41. The Kier molecular flexibility index (Phi) is 5.55. The van der Waals surface area contributed by atoms with Gasteiger partial charge < -0.3 is 20.4 Å². The fourth-order valence-corrected chi connectivity index (χ4v) is 1.99. The molecule has 0 spiro atoms. The Balaban J connectivity index is 1.87. The van der Waals surface area contributed by atoms with Crippen LogP contribution in [0.3, 0.4) is 0 Å². The summed E-state index contributed by atoms with van der Waals surface area (Å²) >= 11 is 0. The first kappa shape index (κ1) is 16.0. The minimum absolute atomic E-state index is 0.163. The van der Waals surface area contributed by atoms with Crippen LogP contribution in [-0.4, -0.2) is 21.5 Å². The van der Waals surface area contributed by atoms with Crippen molar-refractivity contribution in [3.05, 3.63) is 42.5 Å². The second-order valence-corrected chi connectivity index (χ2v) is 5.15. The molecule has 1 unspecified atom stereocenters. The van der Waals surface area contributed by atoms with Gasteiger partial charge in [0.15, 0.2) is 0 Å². The average molecular weight is 302 g/mol. The molecule has 2 aromatic rings. The van der Waals surface area contributed by atoms with Crippen LogP contribution in [0.15, 0.2) is 36.7 Å². The maximum Gasteiger partial charge on any atom is 0.241 e. The largest absolute Gasteiger partial charge is 0.486 e. The zero-order valence-electron chi connectivity index (χ0n) is 13.0. The highest BCUT2D eigenvalue weighted by Gasteiger charge is 2.12. The number of carbonyl (C=O) groups is 1. The molecular formula is C16H22N4O2. The second kappa shape index (κ2) is 7.61. The molecule has 1 heterocycles. The Hall–Kier alpha value is -2.34. The smallest absolute Gasteiger partial charge is 0.241 e. The highest BCUT2D eigenvalue weighted by Crippen LogP contribution is 2.17. The molecule has 22 heavy (non-hydrogen) atoms. The van der Waals surface area contributed by atoms with E-state index >= 15 is 0 Å². The number of aryl methyl sites for hydroxylation is 1. The zero-order chi connectivity index (χ0) is 15.9. The highest BCUT2D eigenvalue weighted by atomic mass is 16.5. The number of amides is 1. The summed E-state index contributed by atoms with van der Waals surface area (Å²) in [6, 6.07) is 6.74. The summed E-state index contributed by atoms with van der Waals surface area (Å²) in [5, 5.41) is 2.80. The van der Waals surface area contributed by atoms with Crippen LogP contribution in [0.1, 0.15) is 25.6 Å². The van der Waals surface area contributed by atoms with E-state index < -0.39 is 6.04 Å². The fourth-order valence-electron chi connectivity index (χ4n) is 1.99. The molecule has 3 N–H and O–H groups in total. The van der Waals surface area contributed by atoms with Gasteiger partial charge in [0.05, 0.1) is 6.04 Å². The number of carbonyl (C=O) groups excluding carboxylic acids is 1. The van der Waals surface area contributed by atoms with Gasteiger partial charge in [0, 0.05) is 25.1 Å². The van der Waals surface area contributed by atoms with Crippen molar-refractivity contribution in [2.45, 2.75) is 32.4 Å². The van der Waals surface area contributed by atoms with Crippen molar-refractivity contribution in [3.63, 3.8) is 0 Å². The molecule has 1 aromatic heterocycles. The van der Waals surface area contributed by atoms with Gasteiger partial charge in [0.1, 0.15) is 18.2 Å². The molecule has 1 atom stereocenters. The first-order chi connectivity index (χ1) is 10.6. The first-order valence-corrected chi connectivity index (χ1v) is 7.35. The summed E-state index contributed by atoms with van der Waals surface area (Å²) in [5.41, 5.74) is 6.48. The van der Waals surface area contributed by atoms with E-state index in [0.29, 0.717) is 18.7 Å². The summed E-state index contributed by atoms with van der Waals surface area (Å²) in [7, 11) is 1.92. The molecule has 6 heteroatoms. The van der Waals surface area contributed by atoms with Crippen molar-refractivity contribution >= 4 is 11.6 Å². The Morgan fingerprint density at radius 1 is 1.41 bits per heavy atom. The van der Waals surface area contributed by atoms with E-state index in [9.17, 15) is 4.79 Å². The summed E-state index contributed by atoms with van der Waals surface area (Å²) < 4.78 is 7.56. The summed E-state index contributed by atoms with van der Waals surface area (Å²) in [6.07, 6.45) is 5.17.